The predicted molar refractivity (Wildman–Crippen MR) is 160 cm³/mol. The molecule has 1 heterocycles. The minimum atomic E-state index is 0.835. The van der Waals surface area contributed by atoms with Crippen molar-refractivity contribution in [2.24, 2.45) is 11.8 Å². The Labute approximate surface area is 229 Å². The van der Waals surface area contributed by atoms with Crippen molar-refractivity contribution < 1.29 is 4.74 Å². The van der Waals surface area contributed by atoms with Gasteiger partial charge in [0, 0.05) is 11.8 Å². The lowest BCUT2D eigenvalue weighted by atomic mass is 9.78. The van der Waals surface area contributed by atoms with Gasteiger partial charge in [-0.2, -0.15) is 0 Å². The average molecular weight is 506 g/mol. The van der Waals surface area contributed by atoms with Crippen LogP contribution < -0.4 is 4.74 Å². The van der Waals surface area contributed by atoms with Crippen LogP contribution in [-0.2, 0) is 6.42 Å². The Morgan fingerprint density at radius 3 is 1.86 bits per heavy atom. The van der Waals surface area contributed by atoms with Gasteiger partial charge in [0.05, 0.1) is 12.3 Å². The van der Waals surface area contributed by atoms with Crippen LogP contribution in [0.2, 0.25) is 0 Å². The average Bonchev–Trinajstić information content (AvgIpc) is 2.94. The quantitative estimate of drug-likeness (QED) is 0.177. The minimum absolute atomic E-state index is 0.835. The lowest BCUT2D eigenvalue weighted by Gasteiger charge is -2.28. The Balaban J connectivity index is 1.27. The fourth-order valence-electron chi connectivity index (χ4n) is 5.98. The van der Waals surface area contributed by atoms with E-state index in [2.05, 4.69) is 56.4 Å². The summed E-state index contributed by atoms with van der Waals surface area (Å²) in [4.78, 5) is 4.74. The lowest BCUT2D eigenvalue weighted by molar-refractivity contribution is 0.228. The molecule has 2 aromatic rings. The van der Waals surface area contributed by atoms with Crippen LogP contribution in [0.4, 0.5) is 0 Å². The predicted octanol–water partition coefficient (Wildman–Crippen LogP) is 11.0. The molecule has 1 aromatic heterocycles. The van der Waals surface area contributed by atoms with Gasteiger partial charge < -0.3 is 4.74 Å². The van der Waals surface area contributed by atoms with E-state index in [4.69, 9.17) is 9.72 Å². The zero-order valence-corrected chi connectivity index (χ0v) is 24.2. The number of benzene rings is 1. The first-order valence-corrected chi connectivity index (χ1v) is 16.0. The number of aryl methyl sites for hydroxylation is 1. The number of hydrogen-bond acceptors (Lipinski definition) is 2. The van der Waals surface area contributed by atoms with Crippen molar-refractivity contribution in [3.8, 4) is 17.0 Å². The van der Waals surface area contributed by atoms with Gasteiger partial charge in [0.15, 0.2) is 0 Å². The SMILES string of the molecule is CCCCCCCCCCc1ccc(-c2ccc(OCCC[C@H]3CC[C@H](CCCCC)CC3)cc2)nc1. The molecule has 1 aromatic carbocycles. The molecular weight excluding hydrogens is 450 g/mol. The molecule has 1 fully saturated rings. The molecule has 0 atom stereocenters. The lowest BCUT2D eigenvalue weighted by Crippen LogP contribution is -2.15. The molecule has 0 N–H and O–H groups in total. The first kappa shape index (κ1) is 29.7. The Bertz CT molecular complexity index is 804. The summed E-state index contributed by atoms with van der Waals surface area (Å²) in [5, 5.41) is 0. The first-order chi connectivity index (χ1) is 18.3. The van der Waals surface area contributed by atoms with Gasteiger partial charge in [-0.05, 0) is 73.4 Å². The maximum Gasteiger partial charge on any atom is 0.119 e. The van der Waals surface area contributed by atoms with E-state index in [1.807, 2.05) is 0 Å². The van der Waals surface area contributed by atoms with Gasteiger partial charge in [0.2, 0.25) is 0 Å². The molecule has 37 heavy (non-hydrogen) atoms. The summed E-state index contributed by atoms with van der Waals surface area (Å²) in [6.45, 7) is 5.43. The van der Waals surface area contributed by atoms with Crippen molar-refractivity contribution in [1.29, 1.82) is 0 Å². The molecule has 0 aliphatic heterocycles. The van der Waals surface area contributed by atoms with Crippen LogP contribution in [0.25, 0.3) is 11.3 Å². The molecule has 0 amide bonds. The first-order valence-electron chi connectivity index (χ1n) is 16.0. The number of hydrogen-bond donors (Lipinski definition) is 0. The molecule has 2 heteroatoms. The number of nitrogens with zero attached hydrogens (tertiary/aromatic N) is 1. The van der Waals surface area contributed by atoms with Gasteiger partial charge in [-0.3, -0.25) is 4.98 Å². The van der Waals surface area contributed by atoms with Gasteiger partial charge in [-0.15, -0.1) is 0 Å². The van der Waals surface area contributed by atoms with E-state index in [9.17, 15) is 0 Å². The highest BCUT2D eigenvalue weighted by Crippen LogP contribution is 2.34. The van der Waals surface area contributed by atoms with E-state index in [-0.39, 0.29) is 0 Å². The molecule has 0 saturated heterocycles. The van der Waals surface area contributed by atoms with Crippen LogP contribution in [-0.4, -0.2) is 11.6 Å². The summed E-state index contributed by atoms with van der Waals surface area (Å²) in [6, 6.07) is 12.9. The third-order valence-corrected chi connectivity index (χ3v) is 8.50. The van der Waals surface area contributed by atoms with E-state index in [1.165, 1.54) is 127 Å². The van der Waals surface area contributed by atoms with Crippen molar-refractivity contribution in [3.63, 3.8) is 0 Å². The van der Waals surface area contributed by atoms with E-state index in [0.717, 1.165) is 36.3 Å². The number of pyridine rings is 1. The van der Waals surface area contributed by atoms with E-state index in [0.29, 0.717) is 0 Å². The number of rotatable bonds is 19. The summed E-state index contributed by atoms with van der Waals surface area (Å²) in [5.74, 6) is 2.92. The summed E-state index contributed by atoms with van der Waals surface area (Å²) < 4.78 is 6.06. The number of unbranched alkanes of at least 4 members (excludes halogenated alkanes) is 9. The second-order valence-corrected chi connectivity index (χ2v) is 11.7. The van der Waals surface area contributed by atoms with Gasteiger partial charge in [0.1, 0.15) is 5.75 Å². The highest BCUT2D eigenvalue weighted by atomic mass is 16.5. The van der Waals surface area contributed by atoms with Crippen molar-refractivity contribution >= 4 is 0 Å². The number of aromatic nitrogens is 1. The van der Waals surface area contributed by atoms with Gasteiger partial charge in [-0.25, -0.2) is 0 Å². The van der Waals surface area contributed by atoms with Crippen LogP contribution in [0.1, 0.15) is 135 Å². The molecule has 3 rings (SSSR count). The van der Waals surface area contributed by atoms with Crippen molar-refractivity contribution in [2.75, 3.05) is 6.61 Å². The highest BCUT2D eigenvalue weighted by Gasteiger charge is 2.20. The Hall–Kier alpha value is -1.83. The van der Waals surface area contributed by atoms with Crippen LogP contribution >= 0.6 is 0 Å². The largest absolute Gasteiger partial charge is 0.494 e. The third kappa shape index (κ3) is 12.1. The van der Waals surface area contributed by atoms with Crippen LogP contribution in [0.3, 0.4) is 0 Å². The second-order valence-electron chi connectivity index (χ2n) is 11.7. The van der Waals surface area contributed by atoms with Crippen molar-refractivity contribution in [3.05, 3.63) is 48.2 Å². The topological polar surface area (TPSA) is 22.1 Å². The van der Waals surface area contributed by atoms with Crippen molar-refractivity contribution in [2.45, 2.75) is 136 Å². The molecule has 2 nitrogen and oxygen atoms in total. The van der Waals surface area contributed by atoms with Crippen LogP contribution in [0.15, 0.2) is 42.6 Å². The molecule has 1 aliphatic carbocycles. The Morgan fingerprint density at radius 1 is 0.649 bits per heavy atom. The molecule has 206 valence electrons. The van der Waals surface area contributed by atoms with Crippen LogP contribution in [0, 0.1) is 11.8 Å². The van der Waals surface area contributed by atoms with Crippen LogP contribution in [0.5, 0.6) is 5.75 Å². The standard InChI is InChI=1S/C35H55NO/c1-3-5-7-8-9-10-11-13-16-32-22-27-35(36-29-32)33-23-25-34(26-24-33)37-28-14-17-31-20-18-30(19-21-31)15-12-6-4-2/h22-27,29-31H,3-21,28H2,1-2H3/t30-,31-. The Kier molecular flexibility index (Phi) is 14.8. The molecule has 0 bridgehead atoms. The van der Waals surface area contributed by atoms with Gasteiger partial charge >= 0.3 is 0 Å². The monoisotopic (exact) mass is 505 g/mol. The molecule has 0 radical (unpaired) electrons. The Morgan fingerprint density at radius 2 is 1.24 bits per heavy atom. The smallest absolute Gasteiger partial charge is 0.119 e. The zero-order valence-electron chi connectivity index (χ0n) is 24.2. The maximum absolute atomic E-state index is 6.06. The molecule has 0 unspecified atom stereocenters. The molecule has 1 saturated carbocycles. The zero-order chi connectivity index (χ0) is 26.0. The highest BCUT2D eigenvalue weighted by molar-refractivity contribution is 5.60. The van der Waals surface area contributed by atoms with E-state index < -0.39 is 0 Å². The second kappa shape index (κ2) is 18.4. The fraction of sp³-hybridized carbons (Fsp3) is 0.686. The normalized spacial score (nSPS) is 17.7. The fourth-order valence-corrected chi connectivity index (χ4v) is 5.98. The maximum atomic E-state index is 6.06. The summed E-state index contributed by atoms with van der Waals surface area (Å²) in [6.07, 6.45) is 28.2. The van der Waals surface area contributed by atoms with Crippen molar-refractivity contribution in [1.82, 2.24) is 4.98 Å². The molecule has 1 aliphatic rings. The third-order valence-electron chi connectivity index (χ3n) is 8.50. The van der Waals surface area contributed by atoms with Gasteiger partial charge in [0.25, 0.3) is 0 Å². The van der Waals surface area contributed by atoms with E-state index in [1.54, 1.807) is 0 Å². The summed E-state index contributed by atoms with van der Waals surface area (Å²) >= 11 is 0. The van der Waals surface area contributed by atoms with Gasteiger partial charge in [-0.1, -0.05) is 116 Å². The van der Waals surface area contributed by atoms with E-state index >= 15 is 0 Å². The summed E-state index contributed by atoms with van der Waals surface area (Å²) in [5.41, 5.74) is 3.58. The molecule has 0 spiro atoms. The summed E-state index contributed by atoms with van der Waals surface area (Å²) in [7, 11) is 0. The minimum Gasteiger partial charge on any atom is -0.494 e. The number of ether oxygens (including phenoxy) is 1. The molecular formula is C35H55NO.